The van der Waals surface area contributed by atoms with Crippen molar-refractivity contribution in [3.8, 4) is 0 Å². The van der Waals surface area contributed by atoms with Gasteiger partial charge in [0.25, 0.3) is 0 Å². The van der Waals surface area contributed by atoms with E-state index in [0.717, 1.165) is 28.5 Å². The highest BCUT2D eigenvalue weighted by molar-refractivity contribution is 5.79. The van der Waals surface area contributed by atoms with Crippen LogP contribution in [0.1, 0.15) is 28.7 Å². The van der Waals surface area contributed by atoms with Gasteiger partial charge >= 0.3 is 0 Å². The molecule has 0 spiro atoms. The molecule has 0 aromatic carbocycles. The van der Waals surface area contributed by atoms with Crippen molar-refractivity contribution >= 4 is 11.7 Å². The van der Waals surface area contributed by atoms with E-state index < -0.39 is 0 Å². The summed E-state index contributed by atoms with van der Waals surface area (Å²) in [4.78, 5) is 21.3. The standard InChI is InChI=1S/C19H27N5O2/c1-13-15(14(2)23(5)21-13)11-19(25)24-9-10-26-17(12-24)16-7-6-8-18(20-16)22(3)4/h6-8,17H,9-12H2,1-5H3/t17-/m0/s1. The Hall–Kier alpha value is -2.41. The van der Waals surface area contributed by atoms with Gasteiger partial charge in [0.15, 0.2) is 0 Å². The van der Waals surface area contributed by atoms with Gasteiger partial charge in [-0.2, -0.15) is 5.10 Å². The minimum Gasteiger partial charge on any atom is -0.368 e. The van der Waals surface area contributed by atoms with Gasteiger partial charge in [0.05, 0.1) is 31.0 Å². The van der Waals surface area contributed by atoms with Crippen LogP contribution < -0.4 is 4.90 Å². The Labute approximate surface area is 154 Å². The summed E-state index contributed by atoms with van der Waals surface area (Å²) >= 11 is 0. The van der Waals surface area contributed by atoms with Crippen molar-refractivity contribution in [3.05, 3.63) is 40.8 Å². The number of hydrogen-bond donors (Lipinski definition) is 0. The summed E-state index contributed by atoms with van der Waals surface area (Å²) in [5.41, 5.74) is 3.85. The number of morpholine rings is 1. The first kappa shape index (κ1) is 18.4. The molecule has 1 atom stereocenters. The number of ether oxygens (including phenoxy) is 1. The molecule has 0 unspecified atom stereocenters. The van der Waals surface area contributed by atoms with Gasteiger partial charge in [-0.25, -0.2) is 4.98 Å². The van der Waals surface area contributed by atoms with E-state index in [1.54, 1.807) is 0 Å². The molecule has 0 saturated carbocycles. The lowest BCUT2D eigenvalue weighted by atomic mass is 10.1. The van der Waals surface area contributed by atoms with Crippen LogP contribution in [0.3, 0.4) is 0 Å². The summed E-state index contributed by atoms with van der Waals surface area (Å²) < 4.78 is 7.72. The lowest BCUT2D eigenvalue weighted by Gasteiger charge is -2.33. The zero-order valence-electron chi connectivity index (χ0n) is 16.2. The topological polar surface area (TPSA) is 63.5 Å². The van der Waals surface area contributed by atoms with Crippen LogP contribution in [-0.4, -0.2) is 59.4 Å². The summed E-state index contributed by atoms with van der Waals surface area (Å²) in [6, 6.07) is 5.90. The van der Waals surface area contributed by atoms with Crippen LogP contribution in [0.25, 0.3) is 0 Å². The molecule has 1 aliphatic heterocycles. The maximum absolute atomic E-state index is 12.8. The molecular weight excluding hydrogens is 330 g/mol. The molecule has 140 valence electrons. The molecule has 0 radical (unpaired) electrons. The fourth-order valence-electron chi connectivity index (χ4n) is 3.26. The number of carbonyl (C=O) groups is 1. The quantitative estimate of drug-likeness (QED) is 0.832. The maximum atomic E-state index is 12.8. The van der Waals surface area contributed by atoms with Crippen molar-refractivity contribution in [2.75, 3.05) is 38.7 Å². The smallest absolute Gasteiger partial charge is 0.227 e. The molecule has 0 aliphatic carbocycles. The van der Waals surface area contributed by atoms with E-state index in [-0.39, 0.29) is 12.0 Å². The number of rotatable bonds is 4. The van der Waals surface area contributed by atoms with Crippen LogP contribution in [0.2, 0.25) is 0 Å². The van der Waals surface area contributed by atoms with Gasteiger partial charge in [0.2, 0.25) is 5.91 Å². The second-order valence-electron chi connectivity index (χ2n) is 6.96. The monoisotopic (exact) mass is 357 g/mol. The molecule has 7 nitrogen and oxygen atoms in total. The van der Waals surface area contributed by atoms with Crippen molar-refractivity contribution in [1.82, 2.24) is 19.7 Å². The van der Waals surface area contributed by atoms with Gasteiger partial charge in [0.1, 0.15) is 11.9 Å². The lowest BCUT2D eigenvalue weighted by Crippen LogP contribution is -2.43. The molecule has 7 heteroatoms. The third-order valence-corrected chi connectivity index (χ3v) is 4.95. The molecule has 1 fully saturated rings. The van der Waals surface area contributed by atoms with E-state index in [1.807, 2.05) is 67.7 Å². The first-order valence-electron chi connectivity index (χ1n) is 8.89. The molecular formula is C19H27N5O2. The molecule has 0 N–H and O–H groups in total. The summed E-state index contributed by atoms with van der Waals surface area (Å²) in [6.07, 6.45) is 0.187. The molecule has 3 rings (SSSR count). The average molecular weight is 357 g/mol. The van der Waals surface area contributed by atoms with Crippen molar-refractivity contribution in [3.63, 3.8) is 0 Å². The number of anilines is 1. The van der Waals surface area contributed by atoms with Gasteiger partial charge in [-0.3, -0.25) is 9.48 Å². The first-order valence-corrected chi connectivity index (χ1v) is 8.89. The highest BCUT2D eigenvalue weighted by Crippen LogP contribution is 2.23. The van der Waals surface area contributed by atoms with Crippen LogP contribution in [0.5, 0.6) is 0 Å². The Morgan fingerprint density at radius 3 is 2.77 bits per heavy atom. The molecule has 3 heterocycles. The molecule has 1 aliphatic rings. The number of carbonyl (C=O) groups excluding carboxylic acids is 1. The number of hydrogen-bond acceptors (Lipinski definition) is 5. The van der Waals surface area contributed by atoms with E-state index in [1.165, 1.54) is 0 Å². The van der Waals surface area contributed by atoms with E-state index in [9.17, 15) is 4.79 Å². The Kier molecular flexibility index (Phi) is 5.27. The van der Waals surface area contributed by atoms with Crippen LogP contribution >= 0.6 is 0 Å². The molecule has 0 bridgehead atoms. The summed E-state index contributed by atoms with van der Waals surface area (Å²) in [6.45, 7) is 5.62. The fourth-order valence-corrected chi connectivity index (χ4v) is 3.26. The molecule has 1 saturated heterocycles. The van der Waals surface area contributed by atoms with Crippen LogP contribution in [0.15, 0.2) is 18.2 Å². The Morgan fingerprint density at radius 1 is 1.35 bits per heavy atom. The van der Waals surface area contributed by atoms with Gasteiger partial charge in [-0.1, -0.05) is 6.07 Å². The average Bonchev–Trinajstić information content (AvgIpc) is 2.88. The van der Waals surface area contributed by atoms with E-state index in [2.05, 4.69) is 10.1 Å². The van der Waals surface area contributed by atoms with Crippen LogP contribution in [0, 0.1) is 13.8 Å². The van der Waals surface area contributed by atoms with Crippen molar-refractivity contribution in [2.45, 2.75) is 26.4 Å². The van der Waals surface area contributed by atoms with E-state index >= 15 is 0 Å². The zero-order chi connectivity index (χ0) is 18.8. The fraction of sp³-hybridized carbons (Fsp3) is 0.526. The Bertz CT molecular complexity index is 799. The van der Waals surface area contributed by atoms with E-state index in [0.29, 0.717) is 26.1 Å². The van der Waals surface area contributed by atoms with Crippen molar-refractivity contribution < 1.29 is 9.53 Å². The van der Waals surface area contributed by atoms with Crippen LogP contribution in [0.4, 0.5) is 5.82 Å². The highest BCUT2D eigenvalue weighted by Gasteiger charge is 2.27. The number of aryl methyl sites for hydroxylation is 2. The summed E-state index contributed by atoms with van der Waals surface area (Å²) in [7, 11) is 5.83. The third kappa shape index (κ3) is 3.72. The number of aromatic nitrogens is 3. The predicted molar refractivity (Wildman–Crippen MR) is 100 cm³/mol. The second-order valence-corrected chi connectivity index (χ2v) is 6.96. The first-order chi connectivity index (χ1) is 12.4. The maximum Gasteiger partial charge on any atom is 0.227 e. The normalized spacial score (nSPS) is 17.4. The number of pyridine rings is 1. The summed E-state index contributed by atoms with van der Waals surface area (Å²) in [5.74, 6) is 0.998. The number of nitrogens with zero attached hydrogens (tertiary/aromatic N) is 5. The van der Waals surface area contributed by atoms with Crippen LogP contribution in [-0.2, 0) is 23.0 Å². The minimum atomic E-state index is -0.191. The van der Waals surface area contributed by atoms with Gasteiger partial charge in [-0.05, 0) is 26.0 Å². The lowest BCUT2D eigenvalue weighted by molar-refractivity contribution is -0.138. The number of amides is 1. The van der Waals surface area contributed by atoms with E-state index in [4.69, 9.17) is 4.74 Å². The predicted octanol–water partition coefficient (Wildman–Crippen LogP) is 1.64. The van der Waals surface area contributed by atoms with Crippen molar-refractivity contribution in [1.29, 1.82) is 0 Å². The zero-order valence-corrected chi connectivity index (χ0v) is 16.2. The molecule has 2 aromatic heterocycles. The van der Waals surface area contributed by atoms with Crippen molar-refractivity contribution in [2.24, 2.45) is 7.05 Å². The largest absolute Gasteiger partial charge is 0.368 e. The summed E-state index contributed by atoms with van der Waals surface area (Å²) in [5, 5.41) is 4.40. The molecule has 26 heavy (non-hydrogen) atoms. The van der Waals surface area contributed by atoms with Gasteiger partial charge in [0, 0.05) is 38.9 Å². The second kappa shape index (κ2) is 7.45. The molecule has 2 aromatic rings. The van der Waals surface area contributed by atoms with Gasteiger partial charge < -0.3 is 14.5 Å². The Morgan fingerprint density at radius 2 is 2.12 bits per heavy atom. The third-order valence-electron chi connectivity index (χ3n) is 4.95. The van der Waals surface area contributed by atoms with Gasteiger partial charge in [-0.15, -0.1) is 0 Å². The minimum absolute atomic E-state index is 0.112. The Balaban J connectivity index is 1.72. The SMILES string of the molecule is Cc1nn(C)c(C)c1CC(=O)N1CCO[C@H](c2cccc(N(C)C)n2)C1. The highest BCUT2D eigenvalue weighted by atomic mass is 16.5. The molecule has 1 amide bonds.